The van der Waals surface area contributed by atoms with E-state index in [1.807, 2.05) is 37.3 Å². The molecule has 0 radical (unpaired) electrons. The maximum atomic E-state index is 12.7. The van der Waals surface area contributed by atoms with Gasteiger partial charge < -0.3 is 15.0 Å². The van der Waals surface area contributed by atoms with Gasteiger partial charge in [0.15, 0.2) is 0 Å². The Bertz CT molecular complexity index is 804. The fourth-order valence-corrected chi connectivity index (χ4v) is 3.03. The summed E-state index contributed by atoms with van der Waals surface area (Å²) in [5.41, 5.74) is 2.60. The van der Waals surface area contributed by atoms with E-state index < -0.39 is 0 Å². The van der Waals surface area contributed by atoms with Gasteiger partial charge in [0, 0.05) is 31.4 Å². The molecule has 2 aromatic rings. The van der Waals surface area contributed by atoms with E-state index in [0.29, 0.717) is 23.9 Å². The van der Waals surface area contributed by atoms with Gasteiger partial charge in [0.2, 0.25) is 5.95 Å². The van der Waals surface area contributed by atoms with E-state index in [4.69, 9.17) is 4.74 Å². The summed E-state index contributed by atoms with van der Waals surface area (Å²) in [5, 5.41) is 3.12. The van der Waals surface area contributed by atoms with Crippen LogP contribution in [0.5, 0.6) is 5.75 Å². The highest BCUT2D eigenvalue weighted by Crippen LogP contribution is 2.29. The Morgan fingerprint density at radius 2 is 2.31 bits per heavy atom. The summed E-state index contributed by atoms with van der Waals surface area (Å²) in [6.45, 7) is 4.04. The van der Waals surface area contributed by atoms with Crippen LogP contribution in [-0.4, -0.2) is 36.6 Å². The second kappa shape index (κ2) is 7.99. The Hall–Kier alpha value is -2.89. The lowest BCUT2D eigenvalue weighted by Gasteiger charge is -2.26. The Morgan fingerprint density at radius 3 is 3.08 bits per heavy atom. The molecular formula is C20H24N4O2. The molecule has 3 rings (SSSR count). The molecule has 0 saturated carbocycles. The van der Waals surface area contributed by atoms with Crippen molar-refractivity contribution in [2.45, 2.75) is 25.3 Å². The number of hydrogen-bond acceptors (Lipinski definition) is 5. The normalized spacial score (nSPS) is 15.7. The number of amides is 1. The van der Waals surface area contributed by atoms with Crippen LogP contribution in [0.4, 0.5) is 5.95 Å². The van der Waals surface area contributed by atoms with Crippen LogP contribution in [0.1, 0.15) is 40.5 Å². The first-order valence-corrected chi connectivity index (χ1v) is 8.76. The summed E-state index contributed by atoms with van der Waals surface area (Å²) in [4.78, 5) is 23.6. The van der Waals surface area contributed by atoms with Crippen molar-refractivity contribution in [2.24, 2.45) is 0 Å². The van der Waals surface area contributed by atoms with Gasteiger partial charge in [-0.05, 0) is 37.5 Å². The van der Waals surface area contributed by atoms with E-state index in [0.717, 1.165) is 30.5 Å². The Balaban J connectivity index is 1.76. The number of carbonyl (C=O) groups is 1. The third-order valence-corrected chi connectivity index (χ3v) is 4.34. The fraction of sp³-hybridized carbons (Fsp3) is 0.350. The van der Waals surface area contributed by atoms with Crippen LogP contribution in [0, 0.1) is 0 Å². The van der Waals surface area contributed by atoms with Crippen LogP contribution in [0.15, 0.2) is 43.1 Å². The minimum absolute atomic E-state index is 0.0692. The van der Waals surface area contributed by atoms with E-state index in [1.54, 1.807) is 18.2 Å². The summed E-state index contributed by atoms with van der Waals surface area (Å²) in [6, 6.07) is 7.10. The van der Waals surface area contributed by atoms with Gasteiger partial charge >= 0.3 is 0 Å². The van der Waals surface area contributed by atoms with Crippen molar-refractivity contribution in [3.05, 3.63) is 59.9 Å². The smallest absolute Gasteiger partial charge is 0.251 e. The van der Waals surface area contributed by atoms with Crippen molar-refractivity contribution in [3.8, 4) is 5.75 Å². The second-order valence-electron chi connectivity index (χ2n) is 6.51. The highest BCUT2D eigenvalue weighted by molar-refractivity contribution is 5.94. The summed E-state index contributed by atoms with van der Waals surface area (Å²) in [7, 11) is 3.84. The maximum Gasteiger partial charge on any atom is 0.251 e. The molecule has 0 spiro atoms. The lowest BCUT2D eigenvalue weighted by molar-refractivity contribution is 0.0932. The molecule has 1 aliphatic carbocycles. The van der Waals surface area contributed by atoms with Gasteiger partial charge in [-0.2, -0.15) is 0 Å². The van der Waals surface area contributed by atoms with Crippen molar-refractivity contribution in [1.82, 2.24) is 15.3 Å². The zero-order valence-electron chi connectivity index (χ0n) is 15.2. The predicted octanol–water partition coefficient (Wildman–Crippen LogP) is 2.91. The first-order chi connectivity index (χ1) is 12.6. The van der Waals surface area contributed by atoms with Crippen LogP contribution >= 0.6 is 0 Å². The third-order valence-electron chi connectivity index (χ3n) is 4.34. The molecule has 1 amide bonds. The molecule has 0 unspecified atom stereocenters. The molecule has 136 valence electrons. The van der Waals surface area contributed by atoms with Crippen molar-refractivity contribution in [3.63, 3.8) is 0 Å². The molecule has 0 bridgehead atoms. The van der Waals surface area contributed by atoms with Gasteiger partial charge in [-0.1, -0.05) is 18.7 Å². The highest BCUT2D eigenvalue weighted by atomic mass is 16.5. The number of ether oxygens (including phenoxy) is 1. The lowest BCUT2D eigenvalue weighted by Crippen LogP contribution is -2.31. The first kappa shape index (κ1) is 17.9. The van der Waals surface area contributed by atoms with Crippen LogP contribution in [-0.2, 0) is 6.42 Å². The SMILES string of the molecule is C=CCOc1cccc(C(=O)N[C@H]2CCCc3nc(N(C)C)ncc32)c1. The number of fused-ring (bicyclic) bond motifs is 1. The molecule has 1 N–H and O–H groups in total. The number of aryl methyl sites for hydroxylation is 1. The number of aromatic nitrogens is 2. The molecule has 1 atom stereocenters. The number of benzene rings is 1. The number of nitrogens with one attached hydrogen (secondary N) is 1. The Kier molecular flexibility index (Phi) is 5.51. The Morgan fingerprint density at radius 1 is 1.46 bits per heavy atom. The largest absolute Gasteiger partial charge is 0.490 e. The van der Waals surface area contributed by atoms with Crippen LogP contribution in [0.25, 0.3) is 0 Å². The van der Waals surface area contributed by atoms with E-state index in [-0.39, 0.29) is 11.9 Å². The Labute approximate surface area is 153 Å². The monoisotopic (exact) mass is 352 g/mol. The van der Waals surface area contributed by atoms with Gasteiger partial charge in [-0.3, -0.25) is 4.79 Å². The van der Waals surface area contributed by atoms with E-state index in [1.165, 1.54) is 0 Å². The summed E-state index contributed by atoms with van der Waals surface area (Å²) in [5.74, 6) is 1.23. The molecule has 1 aromatic carbocycles. The molecule has 0 saturated heterocycles. The van der Waals surface area contributed by atoms with E-state index in [9.17, 15) is 4.79 Å². The lowest BCUT2D eigenvalue weighted by atomic mass is 9.92. The maximum absolute atomic E-state index is 12.7. The van der Waals surface area contributed by atoms with Crippen LogP contribution < -0.4 is 15.0 Å². The standard InChI is InChI=1S/C20H24N4O2/c1-4-11-26-15-8-5-7-14(12-15)19(25)22-17-9-6-10-18-16(17)13-21-20(23-18)24(2)3/h4-5,7-8,12-13,17H,1,6,9-11H2,2-3H3,(H,22,25)/t17-/m0/s1. The molecule has 0 aliphatic heterocycles. The highest BCUT2D eigenvalue weighted by Gasteiger charge is 2.24. The average Bonchev–Trinajstić information content (AvgIpc) is 2.66. The van der Waals surface area contributed by atoms with Gasteiger partial charge in [-0.25, -0.2) is 9.97 Å². The quantitative estimate of drug-likeness (QED) is 0.810. The summed E-state index contributed by atoms with van der Waals surface area (Å²) >= 11 is 0. The number of nitrogens with zero attached hydrogens (tertiary/aromatic N) is 3. The van der Waals surface area contributed by atoms with Gasteiger partial charge in [0.05, 0.1) is 11.7 Å². The zero-order valence-corrected chi connectivity index (χ0v) is 15.2. The summed E-state index contributed by atoms with van der Waals surface area (Å²) in [6.07, 6.45) is 6.30. The van der Waals surface area contributed by atoms with Crippen molar-refractivity contribution >= 4 is 11.9 Å². The molecule has 6 heteroatoms. The number of anilines is 1. The van der Waals surface area contributed by atoms with Gasteiger partial charge in [0.25, 0.3) is 5.91 Å². The van der Waals surface area contributed by atoms with Gasteiger partial charge in [-0.15, -0.1) is 0 Å². The van der Waals surface area contributed by atoms with Crippen molar-refractivity contribution in [2.75, 3.05) is 25.6 Å². The topological polar surface area (TPSA) is 67.3 Å². The summed E-state index contributed by atoms with van der Waals surface area (Å²) < 4.78 is 5.51. The number of rotatable bonds is 6. The van der Waals surface area contributed by atoms with Gasteiger partial charge in [0.1, 0.15) is 12.4 Å². The molecule has 1 heterocycles. The number of hydrogen-bond donors (Lipinski definition) is 1. The van der Waals surface area contributed by atoms with Crippen LogP contribution in [0.2, 0.25) is 0 Å². The second-order valence-corrected chi connectivity index (χ2v) is 6.51. The predicted molar refractivity (Wildman–Crippen MR) is 102 cm³/mol. The minimum atomic E-state index is -0.122. The van der Waals surface area contributed by atoms with Crippen LogP contribution in [0.3, 0.4) is 0 Å². The first-order valence-electron chi connectivity index (χ1n) is 8.76. The van der Waals surface area contributed by atoms with Crippen molar-refractivity contribution in [1.29, 1.82) is 0 Å². The van der Waals surface area contributed by atoms with E-state index >= 15 is 0 Å². The van der Waals surface area contributed by atoms with E-state index in [2.05, 4.69) is 21.9 Å². The zero-order chi connectivity index (χ0) is 18.5. The molecule has 1 aliphatic rings. The molecule has 0 fully saturated rings. The fourth-order valence-electron chi connectivity index (χ4n) is 3.03. The number of carbonyl (C=O) groups excluding carboxylic acids is 1. The average molecular weight is 352 g/mol. The molecule has 26 heavy (non-hydrogen) atoms. The molecule has 1 aromatic heterocycles. The van der Waals surface area contributed by atoms with Crippen molar-refractivity contribution < 1.29 is 9.53 Å². The molecular weight excluding hydrogens is 328 g/mol. The third kappa shape index (κ3) is 4.02. The minimum Gasteiger partial charge on any atom is -0.490 e. The molecule has 6 nitrogen and oxygen atoms in total.